The number of carboxylic acid groups (broad SMARTS) is 1. The minimum Gasteiger partial charge on any atom is -0.478 e. The van der Waals surface area contributed by atoms with Crippen molar-refractivity contribution in [1.82, 2.24) is 0 Å². The van der Waals surface area contributed by atoms with Gasteiger partial charge in [0.1, 0.15) is 0 Å². The Balaban J connectivity index is 1.89. The Kier molecular flexibility index (Phi) is 1.17. The van der Waals surface area contributed by atoms with Gasteiger partial charge in [-0.15, -0.1) is 0 Å². The van der Waals surface area contributed by atoms with E-state index in [1.807, 2.05) is 6.08 Å². The predicted molar refractivity (Wildman–Crippen MR) is 48.1 cm³/mol. The van der Waals surface area contributed by atoms with Gasteiger partial charge in [-0.3, -0.25) is 0 Å². The fourth-order valence-electron chi connectivity index (χ4n) is 3.17. The molecule has 0 aromatic rings. The Hall–Kier alpha value is -1.05. The van der Waals surface area contributed by atoms with E-state index < -0.39 is 5.97 Å². The van der Waals surface area contributed by atoms with Crippen LogP contribution in [0.15, 0.2) is 23.8 Å². The highest BCUT2D eigenvalue weighted by atomic mass is 16.4. The summed E-state index contributed by atoms with van der Waals surface area (Å²) in [5, 5.41) is 8.76. The van der Waals surface area contributed by atoms with Gasteiger partial charge in [-0.1, -0.05) is 18.2 Å². The van der Waals surface area contributed by atoms with Crippen LogP contribution in [0.3, 0.4) is 0 Å². The van der Waals surface area contributed by atoms with Crippen LogP contribution in [-0.4, -0.2) is 11.1 Å². The lowest BCUT2D eigenvalue weighted by Crippen LogP contribution is -2.33. The van der Waals surface area contributed by atoms with E-state index in [0.29, 0.717) is 11.5 Å². The predicted octanol–water partition coefficient (Wildman–Crippen LogP) is 1.98. The first kappa shape index (κ1) is 7.36. The van der Waals surface area contributed by atoms with Gasteiger partial charge in [0.2, 0.25) is 0 Å². The van der Waals surface area contributed by atoms with Crippen LogP contribution in [-0.2, 0) is 4.79 Å². The average molecular weight is 176 g/mol. The molecule has 0 heterocycles. The topological polar surface area (TPSA) is 37.3 Å². The van der Waals surface area contributed by atoms with Crippen molar-refractivity contribution in [3.63, 3.8) is 0 Å². The summed E-state index contributed by atoms with van der Waals surface area (Å²) >= 11 is 0. The molecule has 1 saturated carbocycles. The SMILES string of the molecule is O=C(O)C1=CC2(C1)CC1C=CC2C1. The van der Waals surface area contributed by atoms with Gasteiger partial charge in [-0.2, -0.15) is 0 Å². The summed E-state index contributed by atoms with van der Waals surface area (Å²) < 4.78 is 0. The Morgan fingerprint density at radius 1 is 1.54 bits per heavy atom. The lowest BCUT2D eigenvalue weighted by molar-refractivity contribution is -0.133. The number of rotatable bonds is 1. The van der Waals surface area contributed by atoms with E-state index in [2.05, 4.69) is 12.2 Å². The van der Waals surface area contributed by atoms with Crippen LogP contribution >= 0.6 is 0 Å². The summed E-state index contributed by atoms with van der Waals surface area (Å²) in [5.41, 5.74) is 0.883. The van der Waals surface area contributed by atoms with Crippen molar-refractivity contribution in [2.75, 3.05) is 0 Å². The van der Waals surface area contributed by atoms with E-state index in [0.717, 1.165) is 12.3 Å². The number of hydrogen-bond acceptors (Lipinski definition) is 1. The molecular formula is C11H12O2. The van der Waals surface area contributed by atoms with Gasteiger partial charge in [0.15, 0.2) is 0 Å². The molecule has 1 fully saturated rings. The van der Waals surface area contributed by atoms with Crippen molar-refractivity contribution in [2.24, 2.45) is 17.3 Å². The molecule has 3 rings (SSSR count). The molecule has 3 unspecified atom stereocenters. The fourth-order valence-corrected chi connectivity index (χ4v) is 3.17. The zero-order chi connectivity index (χ0) is 9.05. The highest BCUT2D eigenvalue weighted by molar-refractivity contribution is 5.89. The number of aliphatic carboxylic acids is 1. The van der Waals surface area contributed by atoms with Gasteiger partial charge >= 0.3 is 5.97 Å². The van der Waals surface area contributed by atoms with E-state index >= 15 is 0 Å². The molecule has 0 saturated heterocycles. The zero-order valence-electron chi connectivity index (χ0n) is 7.36. The summed E-state index contributed by atoms with van der Waals surface area (Å²) in [4.78, 5) is 10.6. The second-order valence-corrected chi connectivity index (χ2v) is 4.58. The molecule has 68 valence electrons. The van der Waals surface area contributed by atoms with E-state index in [-0.39, 0.29) is 5.41 Å². The van der Waals surface area contributed by atoms with E-state index in [1.54, 1.807) is 0 Å². The Labute approximate surface area is 76.9 Å². The van der Waals surface area contributed by atoms with Crippen LogP contribution in [0, 0.1) is 17.3 Å². The van der Waals surface area contributed by atoms with Crippen LogP contribution in [0.1, 0.15) is 19.3 Å². The molecule has 0 aromatic heterocycles. The first-order chi connectivity index (χ1) is 6.20. The standard InChI is InChI=1S/C11H12O2/c12-10(13)8-5-11(6-8)4-7-1-2-9(11)3-7/h1-2,5,7,9H,3-4,6H2,(H,12,13). The molecule has 0 aliphatic heterocycles. The van der Waals surface area contributed by atoms with Crippen molar-refractivity contribution in [1.29, 1.82) is 0 Å². The van der Waals surface area contributed by atoms with Crippen molar-refractivity contribution < 1.29 is 9.90 Å². The minimum absolute atomic E-state index is 0.257. The van der Waals surface area contributed by atoms with Crippen molar-refractivity contribution in [2.45, 2.75) is 19.3 Å². The molecule has 0 amide bonds. The van der Waals surface area contributed by atoms with Crippen molar-refractivity contribution >= 4 is 5.97 Å². The maximum absolute atomic E-state index is 10.6. The summed E-state index contributed by atoms with van der Waals surface area (Å²) in [6.07, 6.45) is 9.82. The van der Waals surface area contributed by atoms with Gasteiger partial charge in [0.25, 0.3) is 0 Å². The lowest BCUT2D eigenvalue weighted by Gasteiger charge is -2.40. The second-order valence-electron chi connectivity index (χ2n) is 4.58. The van der Waals surface area contributed by atoms with Gasteiger partial charge in [-0.25, -0.2) is 4.79 Å². The zero-order valence-corrected chi connectivity index (χ0v) is 7.36. The Morgan fingerprint density at radius 3 is 2.77 bits per heavy atom. The van der Waals surface area contributed by atoms with Crippen LogP contribution in [0.5, 0.6) is 0 Å². The molecule has 2 nitrogen and oxygen atoms in total. The largest absolute Gasteiger partial charge is 0.478 e. The number of carbonyl (C=O) groups is 1. The number of hydrogen-bond donors (Lipinski definition) is 1. The van der Waals surface area contributed by atoms with Crippen LogP contribution < -0.4 is 0 Å². The quantitative estimate of drug-likeness (QED) is 0.620. The summed E-state index contributed by atoms with van der Waals surface area (Å²) in [5.74, 6) is 0.648. The first-order valence-corrected chi connectivity index (χ1v) is 4.83. The van der Waals surface area contributed by atoms with E-state index in [1.165, 1.54) is 12.8 Å². The van der Waals surface area contributed by atoms with E-state index in [4.69, 9.17) is 5.11 Å². The van der Waals surface area contributed by atoms with Gasteiger partial charge < -0.3 is 5.11 Å². The van der Waals surface area contributed by atoms with Crippen molar-refractivity contribution in [3.8, 4) is 0 Å². The molecule has 13 heavy (non-hydrogen) atoms. The van der Waals surface area contributed by atoms with Crippen molar-refractivity contribution in [3.05, 3.63) is 23.8 Å². The van der Waals surface area contributed by atoms with Gasteiger partial charge in [0, 0.05) is 11.0 Å². The summed E-state index contributed by atoms with van der Waals surface area (Å²) in [7, 11) is 0. The summed E-state index contributed by atoms with van der Waals surface area (Å²) in [6.45, 7) is 0. The first-order valence-electron chi connectivity index (χ1n) is 4.83. The van der Waals surface area contributed by atoms with Gasteiger partial charge in [0.05, 0.1) is 0 Å². The third-order valence-corrected chi connectivity index (χ3v) is 3.81. The number of fused-ring (bicyclic) bond motifs is 3. The Bertz CT molecular complexity index is 340. The molecule has 1 N–H and O–H groups in total. The molecule has 0 aromatic carbocycles. The lowest BCUT2D eigenvalue weighted by atomic mass is 9.63. The Morgan fingerprint density at radius 2 is 2.31 bits per heavy atom. The van der Waals surface area contributed by atoms with Crippen LogP contribution in [0.4, 0.5) is 0 Å². The maximum Gasteiger partial charge on any atom is 0.331 e. The molecule has 0 radical (unpaired) electrons. The molecule has 2 heteroatoms. The number of carboxylic acids is 1. The molecule has 3 aliphatic rings. The molecule has 2 bridgehead atoms. The molecular weight excluding hydrogens is 164 g/mol. The van der Waals surface area contributed by atoms with Gasteiger partial charge in [-0.05, 0) is 31.1 Å². The average Bonchev–Trinajstić information content (AvgIpc) is 2.57. The normalized spacial score (nSPS) is 45.1. The molecule has 3 atom stereocenters. The maximum atomic E-state index is 10.6. The highest BCUT2D eigenvalue weighted by Gasteiger charge is 2.52. The third kappa shape index (κ3) is 0.808. The second kappa shape index (κ2) is 2.06. The monoisotopic (exact) mass is 176 g/mol. The smallest absolute Gasteiger partial charge is 0.331 e. The third-order valence-electron chi connectivity index (χ3n) is 3.81. The van der Waals surface area contributed by atoms with Crippen LogP contribution in [0.2, 0.25) is 0 Å². The number of allylic oxidation sites excluding steroid dienone is 3. The van der Waals surface area contributed by atoms with E-state index in [9.17, 15) is 4.79 Å². The summed E-state index contributed by atoms with van der Waals surface area (Å²) in [6, 6.07) is 0. The highest BCUT2D eigenvalue weighted by Crippen LogP contribution is 2.60. The fraction of sp³-hybridized carbons (Fsp3) is 0.545. The molecule has 3 aliphatic carbocycles. The minimum atomic E-state index is -0.725. The van der Waals surface area contributed by atoms with Crippen LogP contribution in [0.25, 0.3) is 0 Å². The molecule has 1 spiro atoms.